The largest absolute Gasteiger partial charge is 0.298 e. The quantitative estimate of drug-likeness (QED) is 0.506. The molecule has 4 nitrogen and oxygen atoms in total. The second-order valence-electron chi connectivity index (χ2n) is 5.49. The number of benzene rings is 2. The van der Waals surface area contributed by atoms with Crippen LogP contribution in [0, 0.1) is 0 Å². The van der Waals surface area contributed by atoms with Crippen molar-refractivity contribution in [1.82, 2.24) is 9.97 Å². The maximum atomic E-state index is 10.9. The Balaban J connectivity index is 1.90. The number of rotatable bonds is 4. The minimum atomic E-state index is 0.639. The molecule has 0 fully saturated rings. The van der Waals surface area contributed by atoms with Crippen molar-refractivity contribution < 1.29 is 9.59 Å². The molecule has 4 rings (SSSR count). The van der Waals surface area contributed by atoms with Gasteiger partial charge in [-0.2, -0.15) is 0 Å². The summed E-state index contributed by atoms with van der Waals surface area (Å²) in [4.78, 5) is 32.8. The van der Waals surface area contributed by atoms with Crippen LogP contribution in [0.15, 0.2) is 60.9 Å². The molecule has 5 heteroatoms. The predicted molar refractivity (Wildman–Crippen MR) is 99.1 cm³/mol. The van der Waals surface area contributed by atoms with Gasteiger partial charge in [0.15, 0.2) is 0 Å². The van der Waals surface area contributed by atoms with Crippen molar-refractivity contribution in [2.45, 2.75) is 0 Å². The summed E-state index contributed by atoms with van der Waals surface area (Å²) in [5.74, 6) is 0. The fourth-order valence-electron chi connectivity index (χ4n) is 2.69. The third-order valence-electron chi connectivity index (χ3n) is 3.95. The molecule has 4 aromatic rings. The van der Waals surface area contributed by atoms with Crippen molar-refractivity contribution in [3.05, 3.63) is 72.1 Å². The summed E-state index contributed by atoms with van der Waals surface area (Å²) < 4.78 is 0. The van der Waals surface area contributed by atoms with E-state index in [1.807, 2.05) is 24.3 Å². The van der Waals surface area contributed by atoms with E-state index in [4.69, 9.17) is 0 Å². The minimum absolute atomic E-state index is 0.639. The standard InChI is InChI=1S/C20H12N2O2S/c23-11-13-1-5-15(6-2-13)19-17-18(22-10-9-21-17)20(25-19)16-7-3-14(12-24)4-8-16/h1-12H. The summed E-state index contributed by atoms with van der Waals surface area (Å²) in [6.45, 7) is 0. The van der Waals surface area contributed by atoms with Crippen molar-refractivity contribution in [3.8, 4) is 20.9 Å². The lowest BCUT2D eigenvalue weighted by molar-refractivity contribution is 0.111. The Labute approximate surface area is 147 Å². The zero-order valence-electron chi connectivity index (χ0n) is 13.0. The zero-order valence-corrected chi connectivity index (χ0v) is 13.9. The van der Waals surface area contributed by atoms with Gasteiger partial charge in [-0.25, -0.2) is 0 Å². The molecule has 0 amide bonds. The first-order valence-electron chi connectivity index (χ1n) is 7.65. The third kappa shape index (κ3) is 2.75. The second kappa shape index (κ2) is 6.37. The van der Waals surface area contributed by atoms with Crippen LogP contribution >= 0.6 is 11.3 Å². The second-order valence-corrected chi connectivity index (χ2v) is 6.51. The average molecular weight is 344 g/mol. The van der Waals surface area contributed by atoms with Crippen LogP contribution < -0.4 is 0 Å². The van der Waals surface area contributed by atoms with E-state index in [1.54, 1.807) is 48.0 Å². The van der Waals surface area contributed by atoms with Gasteiger partial charge in [-0.1, -0.05) is 48.5 Å². The Bertz CT molecular complexity index is 982. The number of fused-ring (bicyclic) bond motifs is 1. The van der Waals surface area contributed by atoms with Gasteiger partial charge in [0.05, 0.1) is 9.75 Å². The Morgan fingerprint density at radius 3 is 1.40 bits per heavy atom. The highest BCUT2D eigenvalue weighted by Gasteiger charge is 2.16. The number of carbonyl (C=O) groups excluding carboxylic acids is 2. The molecular weight excluding hydrogens is 332 g/mol. The molecule has 2 aromatic carbocycles. The molecule has 0 unspecified atom stereocenters. The summed E-state index contributed by atoms with van der Waals surface area (Å²) >= 11 is 1.60. The van der Waals surface area contributed by atoms with Gasteiger partial charge in [-0.15, -0.1) is 11.3 Å². The number of carbonyl (C=O) groups is 2. The molecule has 0 spiro atoms. The van der Waals surface area contributed by atoms with Gasteiger partial charge >= 0.3 is 0 Å². The van der Waals surface area contributed by atoms with Crippen molar-refractivity contribution in [1.29, 1.82) is 0 Å². The van der Waals surface area contributed by atoms with E-state index < -0.39 is 0 Å². The molecule has 0 aliphatic rings. The molecule has 0 atom stereocenters. The molecule has 0 radical (unpaired) electrons. The van der Waals surface area contributed by atoms with E-state index in [0.29, 0.717) is 11.1 Å². The van der Waals surface area contributed by atoms with Crippen LogP contribution in [-0.4, -0.2) is 22.5 Å². The fraction of sp³-hybridized carbons (Fsp3) is 0. The smallest absolute Gasteiger partial charge is 0.150 e. The van der Waals surface area contributed by atoms with E-state index in [9.17, 15) is 9.59 Å². The highest BCUT2D eigenvalue weighted by Crippen LogP contribution is 2.42. The molecule has 0 saturated carbocycles. The zero-order chi connectivity index (χ0) is 17.2. The van der Waals surface area contributed by atoms with Crippen LogP contribution in [0.5, 0.6) is 0 Å². The molecule has 0 bridgehead atoms. The lowest BCUT2D eigenvalue weighted by Crippen LogP contribution is -1.83. The molecule has 2 aromatic heterocycles. The van der Waals surface area contributed by atoms with E-state index in [0.717, 1.165) is 44.5 Å². The molecule has 0 aliphatic carbocycles. The molecule has 2 heterocycles. The highest BCUT2D eigenvalue weighted by molar-refractivity contribution is 7.20. The molecule has 120 valence electrons. The molecule has 0 saturated heterocycles. The van der Waals surface area contributed by atoms with Gasteiger partial charge in [0.25, 0.3) is 0 Å². The number of nitrogens with zero attached hydrogens (tertiary/aromatic N) is 2. The summed E-state index contributed by atoms with van der Waals surface area (Å²) in [6.07, 6.45) is 5.02. The molecule has 0 N–H and O–H groups in total. The van der Waals surface area contributed by atoms with Crippen LogP contribution in [-0.2, 0) is 0 Å². The fourth-order valence-corrected chi connectivity index (χ4v) is 3.89. The van der Waals surface area contributed by atoms with Crippen LogP contribution in [0.1, 0.15) is 20.7 Å². The Morgan fingerprint density at radius 2 is 1.04 bits per heavy atom. The topological polar surface area (TPSA) is 59.9 Å². The van der Waals surface area contributed by atoms with Crippen LogP contribution in [0.25, 0.3) is 31.9 Å². The first kappa shape index (κ1) is 15.4. The Morgan fingerprint density at radius 1 is 0.640 bits per heavy atom. The maximum absolute atomic E-state index is 10.9. The first-order chi connectivity index (χ1) is 12.3. The highest BCUT2D eigenvalue weighted by atomic mass is 32.1. The van der Waals surface area contributed by atoms with Gasteiger partial charge in [-0.3, -0.25) is 19.6 Å². The molecular formula is C20H12N2O2S. The first-order valence-corrected chi connectivity index (χ1v) is 8.46. The summed E-state index contributed by atoms with van der Waals surface area (Å²) in [5.41, 5.74) is 4.94. The molecule has 0 aliphatic heterocycles. The molecule has 25 heavy (non-hydrogen) atoms. The Kier molecular flexibility index (Phi) is 3.91. The lowest BCUT2D eigenvalue weighted by Gasteiger charge is -1.99. The van der Waals surface area contributed by atoms with Crippen LogP contribution in [0.3, 0.4) is 0 Å². The third-order valence-corrected chi connectivity index (χ3v) is 5.22. The number of aromatic nitrogens is 2. The van der Waals surface area contributed by atoms with Gasteiger partial charge in [-0.05, 0) is 11.1 Å². The number of hydrogen-bond acceptors (Lipinski definition) is 5. The van der Waals surface area contributed by atoms with Gasteiger partial charge in [0, 0.05) is 23.5 Å². The van der Waals surface area contributed by atoms with Crippen molar-refractivity contribution in [2.75, 3.05) is 0 Å². The van der Waals surface area contributed by atoms with E-state index >= 15 is 0 Å². The van der Waals surface area contributed by atoms with Gasteiger partial charge in [0.2, 0.25) is 0 Å². The average Bonchev–Trinajstić information content (AvgIpc) is 3.08. The monoisotopic (exact) mass is 344 g/mol. The van der Waals surface area contributed by atoms with Crippen molar-refractivity contribution in [2.24, 2.45) is 0 Å². The summed E-state index contributed by atoms with van der Waals surface area (Å²) in [7, 11) is 0. The van der Waals surface area contributed by atoms with Crippen LogP contribution in [0.2, 0.25) is 0 Å². The van der Waals surface area contributed by atoms with E-state index in [-0.39, 0.29) is 0 Å². The van der Waals surface area contributed by atoms with Gasteiger partial charge in [0.1, 0.15) is 23.6 Å². The number of hydrogen-bond donors (Lipinski definition) is 0. The Hall–Kier alpha value is -3.18. The lowest BCUT2D eigenvalue weighted by atomic mass is 10.1. The number of aldehydes is 2. The maximum Gasteiger partial charge on any atom is 0.150 e. The number of thiophene rings is 1. The van der Waals surface area contributed by atoms with E-state index in [1.165, 1.54) is 0 Å². The normalized spacial score (nSPS) is 10.7. The summed E-state index contributed by atoms with van der Waals surface area (Å²) in [5, 5.41) is 0. The van der Waals surface area contributed by atoms with Crippen molar-refractivity contribution >= 4 is 34.9 Å². The van der Waals surface area contributed by atoms with Crippen LogP contribution in [0.4, 0.5) is 0 Å². The SMILES string of the molecule is O=Cc1ccc(-c2sc(-c3ccc(C=O)cc3)c3nccnc23)cc1. The van der Waals surface area contributed by atoms with Crippen molar-refractivity contribution in [3.63, 3.8) is 0 Å². The summed E-state index contributed by atoms with van der Waals surface area (Å²) in [6, 6.07) is 14.9. The minimum Gasteiger partial charge on any atom is -0.298 e. The predicted octanol–water partition coefficient (Wildman–Crippen LogP) is 4.65. The van der Waals surface area contributed by atoms with E-state index in [2.05, 4.69) is 9.97 Å². The van der Waals surface area contributed by atoms with Gasteiger partial charge < -0.3 is 0 Å².